The van der Waals surface area contributed by atoms with Gasteiger partial charge in [-0.25, -0.2) is 4.79 Å². The van der Waals surface area contributed by atoms with Crippen LogP contribution < -0.4 is 15.7 Å². The van der Waals surface area contributed by atoms with E-state index in [0.29, 0.717) is 17.9 Å². The number of fused-ring (bicyclic) bond motifs is 1. The predicted octanol–water partition coefficient (Wildman–Crippen LogP) is 3.97. The van der Waals surface area contributed by atoms with Crippen LogP contribution in [0.1, 0.15) is 31.0 Å². The maximum Gasteiger partial charge on any atom is 0.336 e. The van der Waals surface area contributed by atoms with E-state index in [2.05, 4.69) is 48.3 Å². The molecule has 148 valence electrons. The summed E-state index contributed by atoms with van der Waals surface area (Å²) >= 11 is 0. The Labute approximate surface area is 165 Å². The molecule has 2 aromatic carbocycles. The van der Waals surface area contributed by atoms with Gasteiger partial charge in [0, 0.05) is 36.7 Å². The standard InChI is InChI=1S/C23H28N2O3/c1-4-25(5-2)21(17-9-7-6-8-10-17)16-24-15-18-13-23(26)28-22-14-19(27-3)11-12-20(18)22/h6-14,21,24H,4-5,15-16H2,1-3H3/t21-/m0/s1. The van der Waals surface area contributed by atoms with Crippen molar-refractivity contribution in [3.8, 4) is 5.75 Å². The molecule has 1 N–H and O–H groups in total. The number of nitrogens with one attached hydrogen (secondary N) is 1. The molecule has 0 aliphatic rings. The molecule has 0 aliphatic carbocycles. The maximum atomic E-state index is 12.0. The molecule has 0 unspecified atom stereocenters. The number of ether oxygens (including phenoxy) is 1. The topological polar surface area (TPSA) is 54.7 Å². The third-order valence-electron chi connectivity index (χ3n) is 5.13. The van der Waals surface area contributed by atoms with Crippen LogP contribution in [0.3, 0.4) is 0 Å². The number of benzene rings is 2. The fourth-order valence-electron chi connectivity index (χ4n) is 3.62. The highest BCUT2D eigenvalue weighted by Gasteiger charge is 2.17. The fourth-order valence-corrected chi connectivity index (χ4v) is 3.62. The Morgan fingerprint density at radius 1 is 1.07 bits per heavy atom. The molecule has 0 aliphatic heterocycles. The largest absolute Gasteiger partial charge is 0.497 e. The lowest BCUT2D eigenvalue weighted by atomic mass is 10.0. The second-order valence-electron chi connectivity index (χ2n) is 6.73. The highest BCUT2D eigenvalue weighted by molar-refractivity contribution is 5.81. The summed E-state index contributed by atoms with van der Waals surface area (Å²) in [5, 5.41) is 4.47. The van der Waals surface area contributed by atoms with Gasteiger partial charge in [0.25, 0.3) is 0 Å². The van der Waals surface area contributed by atoms with Gasteiger partial charge in [-0.2, -0.15) is 0 Å². The lowest BCUT2D eigenvalue weighted by Crippen LogP contribution is -2.35. The Hall–Kier alpha value is -2.63. The molecule has 5 nitrogen and oxygen atoms in total. The van der Waals surface area contributed by atoms with Gasteiger partial charge in [-0.3, -0.25) is 4.90 Å². The molecule has 3 rings (SSSR count). The average molecular weight is 380 g/mol. The van der Waals surface area contributed by atoms with Crippen molar-refractivity contribution in [2.24, 2.45) is 0 Å². The molecule has 0 bridgehead atoms. The zero-order valence-electron chi connectivity index (χ0n) is 16.8. The van der Waals surface area contributed by atoms with E-state index in [1.165, 1.54) is 5.56 Å². The molecule has 0 fully saturated rings. The predicted molar refractivity (Wildman–Crippen MR) is 113 cm³/mol. The van der Waals surface area contributed by atoms with Crippen LogP contribution in [0, 0.1) is 0 Å². The summed E-state index contributed by atoms with van der Waals surface area (Å²) < 4.78 is 10.6. The molecule has 5 heteroatoms. The van der Waals surface area contributed by atoms with Crippen LogP contribution >= 0.6 is 0 Å². The Morgan fingerprint density at radius 3 is 2.50 bits per heavy atom. The van der Waals surface area contributed by atoms with Gasteiger partial charge in [0.2, 0.25) is 0 Å². The summed E-state index contributed by atoms with van der Waals surface area (Å²) in [7, 11) is 1.60. The van der Waals surface area contributed by atoms with Gasteiger partial charge in [-0.15, -0.1) is 0 Å². The number of nitrogens with zero attached hydrogens (tertiary/aromatic N) is 1. The van der Waals surface area contributed by atoms with E-state index in [4.69, 9.17) is 9.15 Å². The number of hydrogen-bond acceptors (Lipinski definition) is 5. The second kappa shape index (κ2) is 9.53. The number of hydrogen-bond donors (Lipinski definition) is 1. The highest BCUT2D eigenvalue weighted by atomic mass is 16.5. The van der Waals surface area contributed by atoms with E-state index < -0.39 is 0 Å². The summed E-state index contributed by atoms with van der Waals surface area (Å²) in [6.07, 6.45) is 0. The molecule has 0 radical (unpaired) electrons. The molecule has 28 heavy (non-hydrogen) atoms. The smallest absolute Gasteiger partial charge is 0.336 e. The Morgan fingerprint density at radius 2 is 1.82 bits per heavy atom. The molecular formula is C23H28N2O3. The average Bonchev–Trinajstić information content (AvgIpc) is 2.73. The summed E-state index contributed by atoms with van der Waals surface area (Å²) in [5.74, 6) is 0.673. The van der Waals surface area contributed by atoms with Crippen LogP contribution in [0.25, 0.3) is 11.0 Å². The summed E-state index contributed by atoms with van der Waals surface area (Å²) in [5.41, 5.74) is 2.43. The van der Waals surface area contributed by atoms with Crippen LogP contribution in [-0.4, -0.2) is 31.6 Å². The van der Waals surface area contributed by atoms with E-state index in [-0.39, 0.29) is 11.7 Å². The van der Waals surface area contributed by atoms with Crippen molar-refractivity contribution in [2.75, 3.05) is 26.7 Å². The normalized spacial score (nSPS) is 12.4. The van der Waals surface area contributed by atoms with Gasteiger partial charge >= 0.3 is 5.63 Å². The minimum atomic E-state index is -0.346. The third-order valence-corrected chi connectivity index (χ3v) is 5.13. The minimum Gasteiger partial charge on any atom is -0.497 e. The van der Waals surface area contributed by atoms with E-state index >= 15 is 0 Å². The third kappa shape index (κ3) is 4.61. The van der Waals surface area contributed by atoms with Crippen LogP contribution in [0.2, 0.25) is 0 Å². The van der Waals surface area contributed by atoms with Crippen LogP contribution in [-0.2, 0) is 6.54 Å². The minimum absolute atomic E-state index is 0.280. The van der Waals surface area contributed by atoms with Gasteiger partial charge in [-0.1, -0.05) is 44.2 Å². The molecule has 1 heterocycles. The molecule has 3 aromatic rings. The van der Waals surface area contributed by atoms with Crippen molar-refractivity contribution in [3.63, 3.8) is 0 Å². The van der Waals surface area contributed by atoms with Crippen LogP contribution in [0.5, 0.6) is 5.75 Å². The number of rotatable bonds is 9. The van der Waals surface area contributed by atoms with E-state index in [1.807, 2.05) is 18.2 Å². The lowest BCUT2D eigenvalue weighted by molar-refractivity contribution is 0.213. The van der Waals surface area contributed by atoms with E-state index in [0.717, 1.165) is 30.6 Å². The Bertz CT molecular complexity index is 949. The Balaban J connectivity index is 1.79. The number of methoxy groups -OCH3 is 1. The fraction of sp³-hybridized carbons (Fsp3) is 0.348. The number of likely N-dealkylation sites (N-methyl/N-ethyl adjacent to an activating group) is 1. The molecule has 0 amide bonds. The van der Waals surface area contributed by atoms with Crippen LogP contribution in [0.4, 0.5) is 0 Å². The van der Waals surface area contributed by atoms with Crippen molar-refractivity contribution in [1.29, 1.82) is 0 Å². The maximum absolute atomic E-state index is 12.0. The first-order valence-corrected chi connectivity index (χ1v) is 9.76. The van der Waals surface area contributed by atoms with Gasteiger partial charge in [0.1, 0.15) is 11.3 Å². The SMILES string of the molecule is CCN(CC)[C@@H](CNCc1cc(=O)oc2cc(OC)ccc12)c1ccccc1. The zero-order valence-corrected chi connectivity index (χ0v) is 16.8. The second-order valence-corrected chi connectivity index (χ2v) is 6.73. The Kier molecular flexibility index (Phi) is 6.85. The van der Waals surface area contributed by atoms with Gasteiger partial charge in [0.05, 0.1) is 7.11 Å². The molecule has 1 aromatic heterocycles. The summed E-state index contributed by atoms with van der Waals surface area (Å²) in [4.78, 5) is 14.4. The molecule has 0 spiro atoms. The van der Waals surface area contributed by atoms with Crippen molar-refractivity contribution < 1.29 is 9.15 Å². The van der Waals surface area contributed by atoms with Crippen molar-refractivity contribution in [1.82, 2.24) is 10.2 Å². The van der Waals surface area contributed by atoms with Gasteiger partial charge in [-0.05, 0) is 36.3 Å². The van der Waals surface area contributed by atoms with Crippen LogP contribution in [0.15, 0.2) is 63.8 Å². The van der Waals surface area contributed by atoms with Crippen molar-refractivity contribution >= 4 is 11.0 Å². The van der Waals surface area contributed by atoms with Gasteiger partial charge < -0.3 is 14.5 Å². The summed E-state index contributed by atoms with van der Waals surface area (Å²) in [6.45, 7) is 7.72. The first-order chi connectivity index (χ1) is 13.7. The van der Waals surface area contributed by atoms with Gasteiger partial charge in [0.15, 0.2) is 0 Å². The van der Waals surface area contributed by atoms with Crippen molar-refractivity contribution in [2.45, 2.75) is 26.4 Å². The molecule has 0 saturated heterocycles. The highest BCUT2D eigenvalue weighted by Crippen LogP contribution is 2.23. The zero-order chi connectivity index (χ0) is 19.9. The van der Waals surface area contributed by atoms with E-state index in [9.17, 15) is 4.79 Å². The lowest BCUT2D eigenvalue weighted by Gasteiger charge is -2.30. The quantitative estimate of drug-likeness (QED) is 0.569. The molecule has 0 saturated carbocycles. The first kappa shape index (κ1) is 20.1. The van der Waals surface area contributed by atoms with Crippen molar-refractivity contribution in [3.05, 3.63) is 76.1 Å². The first-order valence-electron chi connectivity index (χ1n) is 9.76. The monoisotopic (exact) mass is 380 g/mol. The van der Waals surface area contributed by atoms with E-state index in [1.54, 1.807) is 19.2 Å². The molecular weight excluding hydrogens is 352 g/mol. The molecule has 1 atom stereocenters. The summed E-state index contributed by atoms with van der Waals surface area (Å²) in [6, 6.07) is 18.0.